The third-order valence-electron chi connectivity index (χ3n) is 2.56. The number of halogens is 3. The van der Waals surface area contributed by atoms with Gasteiger partial charge in [0.25, 0.3) is 0 Å². The van der Waals surface area contributed by atoms with Crippen molar-refractivity contribution in [3.05, 3.63) is 0 Å². The second kappa shape index (κ2) is 10.3. The first-order valence-electron chi connectivity index (χ1n) is 6.13. The van der Waals surface area contributed by atoms with Gasteiger partial charge in [0.15, 0.2) is 3.79 Å². The van der Waals surface area contributed by atoms with Crippen LogP contribution in [0.15, 0.2) is 0 Å². The second-order valence-electron chi connectivity index (χ2n) is 4.19. The van der Waals surface area contributed by atoms with Crippen LogP contribution in [0.25, 0.3) is 0 Å². The molecule has 0 rings (SSSR count). The molecular formula is C11H23Cl3Si. The summed E-state index contributed by atoms with van der Waals surface area (Å²) in [5, 5.41) is 0. The van der Waals surface area contributed by atoms with Crippen LogP contribution in [0.5, 0.6) is 0 Å². The molecule has 0 aliphatic rings. The minimum Gasteiger partial charge on any atom is -0.0837 e. The maximum absolute atomic E-state index is 5.66. The zero-order valence-electron chi connectivity index (χ0n) is 9.70. The van der Waals surface area contributed by atoms with Crippen LogP contribution in [0.1, 0.15) is 57.8 Å². The first-order valence-corrected chi connectivity index (χ1v) is 8.68. The largest absolute Gasteiger partial charge is 0.190 e. The van der Waals surface area contributed by atoms with Crippen LogP contribution < -0.4 is 0 Å². The van der Waals surface area contributed by atoms with Gasteiger partial charge < -0.3 is 0 Å². The van der Waals surface area contributed by atoms with Crippen LogP contribution in [-0.2, 0) is 0 Å². The summed E-state index contributed by atoms with van der Waals surface area (Å²) in [6.45, 7) is 0. The summed E-state index contributed by atoms with van der Waals surface area (Å²) in [6.07, 6.45) is 11.2. The second-order valence-corrected chi connectivity index (χ2v) is 7.71. The van der Waals surface area contributed by atoms with Crippen molar-refractivity contribution in [1.29, 1.82) is 0 Å². The van der Waals surface area contributed by atoms with Gasteiger partial charge in [-0.05, 0) is 12.8 Å². The maximum Gasteiger partial charge on any atom is 0.190 e. The first-order chi connectivity index (χ1) is 7.06. The third kappa shape index (κ3) is 15.1. The molecule has 0 aromatic carbocycles. The fraction of sp³-hybridized carbons (Fsp3) is 1.00. The maximum atomic E-state index is 5.66. The fourth-order valence-corrected chi connectivity index (χ4v) is 2.54. The predicted octanol–water partition coefficient (Wildman–Crippen LogP) is 4.65. The van der Waals surface area contributed by atoms with E-state index < -0.39 is 3.79 Å². The Balaban J connectivity index is 2.99. The lowest BCUT2D eigenvalue weighted by Crippen LogP contribution is -2.00. The molecule has 0 saturated heterocycles. The summed E-state index contributed by atoms with van der Waals surface area (Å²) in [5.41, 5.74) is 0. The summed E-state index contributed by atoms with van der Waals surface area (Å²) in [5.74, 6) is 0. The van der Waals surface area contributed by atoms with E-state index in [1.54, 1.807) is 0 Å². The lowest BCUT2D eigenvalue weighted by molar-refractivity contribution is 0.567. The van der Waals surface area contributed by atoms with Crippen LogP contribution in [0.2, 0.25) is 6.04 Å². The normalized spacial score (nSPS) is 12.2. The highest BCUT2D eigenvalue weighted by molar-refractivity contribution is 6.67. The van der Waals surface area contributed by atoms with Crippen molar-refractivity contribution in [2.24, 2.45) is 0 Å². The molecule has 0 saturated carbocycles. The predicted molar refractivity (Wildman–Crippen MR) is 76.6 cm³/mol. The van der Waals surface area contributed by atoms with Gasteiger partial charge in [-0.25, -0.2) is 0 Å². The molecule has 0 radical (unpaired) electrons. The molecule has 15 heavy (non-hydrogen) atoms. The zero-order chi connectivity index (χ0) is 11.6. The van der Waals surface area contributed by atoms with Crippen LogP contribution in [0.4, 0.5) is 0 Å². The molecule has 0 heterocycles. The summed E-state index contributed by atoms with van der Waals surface area (Å²) in [7, 11) is 1.37. The Labute approximate surface area is 112 Å². The fourth-order valence-electron chi connectivity index (χ4n) is 1.64. The van der Waals surface area contributed by atoms with E-state index in [4.69, 9.17) is 34.8 Å². The van der Waals surface area contributed by atoms with Gasteiger partial charge in [0.05, 0.1) is 0 Å². The van der Waals surface area contributed by atoms with E-state index in [1.807, 2.05) is 0 Å². The van der Waals surface area contributed by atoms with E-state index >= 15 is 0 Å². The van der Waals surface area contributed by atoms with Crippen molar-refractivity contribution in [1.82, 2.24) is 0 Å². The lowest BCUT2D eigenvalue weighted by Gasteiger charge is -2.09. The van der Waals surface area contributed by atoms with E-state index in [-0.39, 0.29) is 0 Å². The Morgan fingerprint density at radius 2 is 1.07 bits per heavy atom. The number of rotatable bonds is 9. The van der Waals surface area contributed by atoms with Gasteiger partial charge in [0.1, 0.15) is 0 Å². The highest BCUT2D eigenvalue weighted by Gasteiger charge is 2.17. The Hall–Kier alpha value is 1.09. The van der Waals surface area contributed by atoms with Crippen LogP contribution >= 0.6 is 34.8 Å². The van der Waals surface area contributed by atoms with Crippen molar-refractivity contribution in [2.45, 2.75) is 67.6 Å². The minimum absolute atomic E-state index is 0.693. The topological polar surface area (TPSA) is 0 Å². The van der Waals surface area contributed by atoms with E-state index in [9.17, 15) is 0 Å². The molecule has 0 atom stereocenters. The van der Waals surface area contributed by atoms with Crippen molar-refractivity contribution >= 4 is 45.0 Å². The quantitative estimate of drug-likeness (QED) is 0.329. The Bertz CT molecular complexity index is 134. The van der Waals surface area contributed by atoms with Crippen LogP contribution in [0, 0.1) is 0 Å². The standard InChI is InChI=1S/C11H23Cl3Si/c12-11(13,14)9-7-5-3-1-2-4-6-8-10-15/h1-10H2,15H3. The smallest absolute Gasteiger partial charge is 0.0837 e. The molecule has 4 heteroatoms. The van der Waals surface area contributed by atoms with E-state index in [1.165, 1.54) is 61.2 Å². The van der Waals surface area contributed by atoms with Gasteiger partial charge >= 0.3 is 0 Å². The van der Waals surface area contributed by atoms with E-state index in [0.29, 0.717) is 6.42 Å². The van der Waals surface area contributed by atoms with Crippen LogP contribution in [0.3, 0.4) is 0 Å². The van der Waals surface area contributed by atoms with E-state index in [2.05, 4.69) is 0 Å². The molecule has 0 amide bonds. The van der Waals surface area contributed by atoms with Crippen molar-refractivity contribution < 1.29 is 0 Å². The molecule has 0 bridgehead atoms. The first kappa shape index (κ1) is 16.1. The SMILES string of the molecule is [SiH3]CCCCCCCCCCC(Cl)(Cl)Cl. The highest BCUT2D eigenvalue weighted by atomic mass is 35.6. The molecule has 0 fully saturated rings. The molecule has 0 spiro atoms. The van der Waals surface area contributed by atoms with Gasteiger partial charge in [-0.3, -0.25) is 0 Å². The molecule has 0 N–H and O–H groups in total. The average Bonchev–Trinajstić information content (AvgIpc) is 2.14. The monoisotopic (exact) mass is 288 g/mol. The van der Waals surface area contributed by atoms with Gasteiger partial charge in [-0.15, -0.1) is 0 Å². The molecule has 0 aromatic rings. The van der Waals surface area contributed by atoms with Crippen molar-refractivity contribution in [3.63, 3.8) is 0 Å². The highest BCUT2D eigenvalue weighted by Crippen LogP contribution is 2.32. The number of alkyl halides is 3. The Kier molecular flexibility index (Phi) is 11.0. The van der Waals surface area contributed by atoms with Crippen molar-refractivity contribution in [3.8, 4) is 0 Å². The van der Waals surface area contributed by atoms with Gasteiger partial charge in [0.2, 0.25) is 0 Å². The van der Waals surface area contributed by atoms with Gasteiger partial charge in [0, 0.05) is 10.2 Å². The number of hydrogen-bond donors (Lipinski definition) is 0. The molecule has 0 aliphatic heterocycles. The average molecular weight is 290 g/mol. The molecule has 0 aromatic heterocycles. The summed E-state index contributed by atoms with van der Waals surface area (Å²) >= 11 is 17.0. The summed E-state index contributed by atoms with van der Waals surface area (Å²) in [6, 6.07) is 1.46. The van der Waals surface area contributed by atoms with E-state index in [0.717, 1.165) is 6.42 Å². The van der Waals surface area contributed by atoms with Gasteiger partial charge in [-0.2, -0.15) is 0 Å². The van der Waals surface area contributed by atoms with Gasteiger partial charge in [-0.1, -0.05) is 85.8 Å². The lowest BCUT2D eigenvalue weighted by atomic mass is 10.1. The molecule has 0 nitrogen and oxygen atoms in total. The van der Waals surface area contributed by atoms with Crippen LogP contribution in [-0.4, -0.2) is 14.0 Å². The molecular weight excluding hydrogens is 267 g/mol. The number of hydrogen-bond acceptors (Lipinski definition) is 0. The van der Waals surface area contributed by atoms with Crippen molar-refractivity contribution in [2.75, 3.05) is 0 Å². The number of unbranched alkanes of at least 4 members (excludes halogenated alkanes) is 7. The summed E-state index contributed by atoms with van der Waals surface area (Å²) in [4.78, 5) is 0. The Morgan fingerprint density at radius 1 is 0.667 bits per heavy atom. The Morgan fingerprint density at radius 3 is 1.47 bits per heavy atom. The molecule has 92 valence electrons. The minimum atomic E-state index is -1.04. The zero-order valence-corrected chi connectivity index (χ0v) is 14.0. The molecule has 0 aliphatic carbocycles. The third-order valence-corrected chi connectivity index (χ3v) is 3.84. The summed E-state index contributed by atoms with van der Waals surface area (Å²) < 4.78 is -1.04. The molecule has 0 unspecified atom stereocenters.